The molecule has 6 nitrogen and oxygen atoms in total. The molecular formula is C23H19NO5. The summed E-state index contributed by atoms with van der Waals surface area (Å²) in [5.41, 5.74) is 2.68. The summed E-state index contributed by atoms with van der Waals surface area (Å²) in [7, 11) is 3.25. The van der Waals surface area contributed by atoms with Crippen LogP contribution >= 0.6 is 0 Å². The average molecular weight is 389 g/mol. The predicted octanol–water partition coefficient (Wildman–Crippen LogP) is 4.01. The fourth-order valence-electron chi connectivity index (χ4n) is 3.09. The molecule has 0 spiro atoms. The van der Waals surface area contributed by atoms with Crippen LogP contribution in [0.15, 0.2) is 66.6 Å². The lowest BCUT2D eigenvalue weighted by molar-refractivity contribution is 0.0600. The van der Waals surface area contributed by atoms with Crippen LogP contribution in [0.4, 0.5) is 0 Å². The van der Waals surface area contributed by atoms with Crippen LogP contribution in [0.3, 0.4) is 0 Å². The number of methoxy groups -OCH3 is 1. The molecule has 6 heteroatoms. The van der Waals surface area contributed by atoms with Crippen LogP contribution in [0.5, 0.6) is 11.5 Å². The number of Topliss-reactive ketones (excluding diaryl/α,β-unsaturated/α-hetero) is 1. The zero-order valence-electron chi connectivity index (χ0n) is 16.0. The molecule has 0 amide bonds. The van der Waals surface area contributed by atoms with E-state index in [1.807, 2.05) is 36.0 Å². The maximum absolute atomic E-state index is 12.6. The minimum absolute atomic E-state index is 0.154. The van der Waals surface area contributed by atoms with E-state index < -0.39 is 5.97 Å². The van der Waals surface area contributed by atoms with Gasteiger partial charge in [0.25, 0.3) is 0 Å². The second-order valence-electron chi connectivity index (χ2n) is 6.62. The molecule has 1 aliphatic rings. The Morgan fingerprint density at radius 1 is 1.14 bits per heavy atom. The molecule has 0 N–H and O–H groups in total. The van der Waals surface area contributed by atoms with Crippen LogP contribution in [0.25, 0.3) is 6.08 Å². The van der Waals surface area contributed by atoms with Crippen molar-refractivity contribution in [3.05, 3.63) is 88.9 Å². The number of ketones is 1. The highest BCUT2D eigenvalue weighted by Gasteiger charge is 2.28. The van der Waals surface area contributed by atoms with Gasteiger partial charge in [-0.3, -0.25) is 4.79 Å². The molecule has 146 valence electrons. The average Bonchev–Trinajstić information content (AvgIpc) is 3.29. The number of carbonyl (C=O) groups excluding carboxylic acids is 2. The number of carbonyl (C=O) groups is 2. The molecule has 1 aliphatic heterocycles. The molecule has 1 aromatic heterocycles. The van der Waals surface area contributed by atoms with Gasteiger partial charge in [0.1, 0.15) is 18.1 Å². The first kappa shape index (κ1) is 18.6. The molecule has 3 aromatic rings. The van der Waals surface area contributed by atoms with Crippen LogP contribution in [0, 0.1) is 0 Å². The van der Waals surface area contributed by atoms with Gasteiger partial charge < -0.3 is 18.8 Å². The van der Waals surface area contributed by atoms with Crippen LogP contribution < -0.4 is 9.47 Å². The third-order valence-electron chi connectivity index (χ3n) is 4.66. The Bertz CT molecular complexity index is 1130. The zero-order valence-corrected chi connectivity index (χ0v) is 16.0. The van der Waals surface area contributed by atoms with Crippen LogP contribution in [0.2, 0.25) is 0 Å². The topological polar surface area (TPSA) is 66.8 Å². The van der Waals surface area contributed by atoms with E-state index in [0.717, 1.165) is 11.3 Å². The Kier molecular flexibility index (Phi) is 4.91. The van der Waals surface area contributed by atoms with Crippen molar-refractivity contribution in [1.82, 2.24) is 4.57 Å². The number of nitrogens with zero attached hydrogens (tertiary/aromatic N) is 1. The Labute approximate surface area is 167 Å². The maximum Gasteiger partial charge on any atom is 0.337 e. The normalized spacial score (nSPS) is 13.9. The van der Waals surface area contributed by atoms with Gasteiger partial charge in [-0.2, -0.15) is 0 Å². The number of fused-ring (bicyclic) bond motifs is 1. The van der Waals surface area contributed by atoms with Crippen LogP contribution in [-0.4, -0.2) is 23.4 Å². The number of hydrogen-bond donors (Lipinski definition) is 0. The monoisotopic (exact) mass is 389 g/mol. The van der Waals surface area contributed by atoms with Crippen molar-refractivity contribution in [3.63, 3.8) is 0 Å². The highest BCUT2D eigenvalue weighted by Crippen LogP contribution is 2.35. The zero-order chi connectivity index (χ0) is 20.4. The smallest absolute Gasteiger partial charge is 0.337 e. The Morgan fingerprint density at radius 2 is 2.00 bits per heavy atom. The number of ether oxygens (including phenoxy) is 3. The minimum Gasteiger partial charge on any atom is -0.489 e. The molecule has 0 bridgehead atoms. The van der Waals surface area contributed by atoms with Gasteiger partial charge in [-0.1, -0.05) is 12.1 Å². The van der Waals surface area contributed by atoms with E-state index in [0.29, 0.717) is 22.6 Å². The first-order chi connectivity index (χ1) is 14.0. The quantitative estimate of drug-likeness (QED) is 0.487. The molecule has 2 heterocycles. The summed E-state index contributed by atoms with van der Waals surface area (Å²) in [4.78, 5) is 24.2. The molecular weight excluding hydrogens is 370 g/mol. The number of allylic oxidation sites excluding steroid dienone is 1. The van der Waals surface area contributed by atoms with Gasteiger partial charge in [0.05, 0.1) is 18.2 Å². The van der Waals surface area contributed by atoms with Crippen LogP contribution in [-0.2, 0) is 18.4 Å². The lowest BCUT2D eigenvalue weighted by Gasteiger charge is -2.08. The number of aryl methyl sites for hydroxylation is 1. The van der Waals surface area contributed by atoms with Gasteiger partial charge in [-0.05, 0) is 42.0 Å². The van der Waals surface area contributed by atoms with Crippen LogP contribution in [0.1, 0.15) is 32.0 Å². The molecule has 29 heavy (non-hydrogen) atoms. The third-order valence-corrected chi connectivity index (χ3v) is 4.66. The summed E-state index contributed by atoms with van der Waals surface area (Å²) in [5.74, 6) is 0.772. The summed E-state index contributed by atoms with van der Waals surface area (Å²) in [5, 5.41) is 0. The first-order valence-corrected chi connectivity index (χ1v) is 9.05. The second-order valence-corrected chi connectivity index (χ2v) is 6.62. The SMILES string of the molecule is COC(=O)c1cccc(COc2ccc3c(c2)OC(=Cc2cccn2C)C3=O)c1. The van der Waals surface area contributed by atoms with Crippen molar-refractivity contribution < 1.29 is 23.8 Å². The third kappa shape index (κ3) is 3.78. The summed E-state index contributed by atoms with van der Waals surface area (Å²) in [6, 6.07) is 16.0. The van der Waals surface area contributed by atoms with Crippen molar-refractivity contribution in [1.29, 1.82) is 0 Å². The lowest BCUT2D eigenvalue weighted by Crippen LogP contribution is -2.03. The summed E-state index contributed by atoms with van der Waals surface area (Å²) < 4.78 is 18.2. The number of esters is 1. The van der Waals surface area contributed by atoms with Gasteiger partial charge in [0.15, 0.2) is 5.76 Å². The van der Waals surface area contributed by atoms with E-state index in [1.165, 1.54) is 7.11 Å². The van der Waals surface area contributed by atoms with E-state index in [-0.39, 0.29) is 18.1 Å². The van der Waals surface area contributed by atoms with Gasteiger partial charge in [-0.15, -0.1) is 0 Å². The molecule has 0 unspecified atom stereocenters. The summed E-state index contributed by atoms with van der Waals surface area (Å²) in [6.07, 6.45) is 3.63. The Hall–Kier alpha value is -3.80. The van der Waals surface area contributed by atoms with Crippen molar-refractivity contribution >= 4 is 17.8 Å². The Balaban J connectivity index is 1.49. The van der Waals surface area contributed by atoms with Crippen molar-refractivity contribution in [3.8, 4) is 11.5 Å². The highest BCUT2D eigenvalue weighted by atomic mass is 16.5. The standard InChI is InChI=1S/C23H19NO5/c1-24-10-4-7-17(24)12-21-22(25)19-9-8-18(13-20(19)29-21)28-14-15-5-3-6-16(11-15)23(26)27-2/h3-13H,14H2,1-2H3. The molecule has 2 aromatic carbocycles. The first-order valence-electron chi connectivity index (χ1n) is 9.05. The second kappa shape index (κ2) is 7.67. The van der Waals surface area contributed by atoms with Gasteiger partial charge in [-0.25, -0.2) is 4.79 Å². The van der Waals surface area contributed by atoms with E-state index in [4.69, 9.17) is 14.2 Å². The van der Waals surface area contributed by atoms with E-state index in [2.05, 4.69) is 0 Å². The number of aromatic nitrogens is 1. The largest absolute Gasteiger partial charge is 0.489 e. The molecule has 0 fully saturated rings. The molecule has 0 aliphatic carbocycles. The number of benzene rings is 2. The van der Waals surface area contributed by atoms with E-state index >= 15 is 0 Å². The highest BCUT2D eigenvalue weighted by molar-refractivity contribution is 6.14. The Morgan fingerprint density at radius 3 is 2.76 bits per heavy atom. The van der Waals surface area contributed by atoms with E-state index in [1.54, 1.807) is 42.5 Å². The fourth-order valence-corrected chi connectivity index (χ4v) is 3.09. The maximum atomic E-state index is 12.6. The summed E-state index contributed by atoms with van der Waals surface area (Å²) >= 11 is 0. The molecule has 0 atom stereocenters. The summed E-state index contributed by atoms with van der Waals surface area (Å²) in [6.45, 7) is 0.267. The molecule has 0 saturated heterocycles. The van der Waals surface area contributed by atoms with Crippen molar-refractivity contribution in [2.75, 3.05) is 7.11 Å². The van der Waals surface area contributed by atoms with Gasteiger partial charge in [0.2, 0.25) is 5.78 Å². The fraction of sp³-hybridized carbons (Fsp3) is 0.130. The van der Waals surface area contributed by atoms with Crippen molar-refractivity contribution in [2.45, 2.75) is 6.61 Å². The van der Waals surface area contributed by atoms with Gasteiger partial charge >= 0.3 is 5.97 Å². The van der Waals surface area contributed by atoms with Crippen molar-refractivity contribution in [2.24, 2.45) is 7.05 Å². The van der Waals surface area contributed by atoms with Gasteiger partial charge in [0, 0.05) is 31.1 Å². The molecule has 0 radical (unpaired) electrons. The minimum atomic E-state index is -0.395. The number of hydrogen-bond acceptors (Lipinski definition) is 5. The molecule has 4 rings (SSSR count). The number of rotatable bonds is 5. The van der Waals surface area contributed by atoms with E-state index in [9.17, 15) is 9.59 Å². The lowest BCUT2D eigenvalue weighted by atomic mass is 10.1. The molecule has 0 saturated carbocycles. The predicted molar refractivity (Wildman–Crippen MR) is 107 cm³/mol.